The summed E-state index contributed by atoms with van der Waals surface area (Å²) in [4.78, 5) is 27.7. The van der Waals surface area contributed by atoms with Crippen LogP contribution in [0.3, 0.4) is 0 Å². The molecule has 0 spiro atoms. The molecule has 2 aliphatic heterocycles. The molecule has 2 N–H and O–H groups in total. The van der Waals surface area contributed by atoms with E-state index in [4.69, 9.17) is 0 Å². The fraction of sp³-hybridized carbons (Fsp3) is 0.867. The highest BCUT2D eigenvalue weighted by Gasteiger charge is 2.44. The maximum atomic E-state index is 12.4. The van der Waals surface area contributed by atoms with Crippen LogP contribution in [-0.4, -0.2) is 65.2 Å². The summed E-state index contributed by atoms with van der Waals surface area (Å²) in [6, 6.07) is 0.127. The highest BCUT2D eigenvalue weighted by atomic mass is 16.4. The number of nitrogens with one attached hydrogen (secondary N) is 1. The van der Waals surface area contributed by atoms with Crippen molar-refractivity contribution >= 4 is 12.0 Å². The summed E-state index contributed by atoms with van der Waals surface area (Å²) in [5, 5.41) is 12.4. The van der Waals surface area contributed by atoms with Crippen molar-refractivity contribution in [3.8, 4) is 0 Å². The monoisotopic (exact) mass is 297 g/mol. The average Bonchev–Trinajstić information content (AvgIpc) is 2.46. The van der Waals surface area contributed by atoms with Gasteiger partial charge in [-0.05, 0) is 52.6 Å². The number of carboxylic acid groups (broad SMARTS) is 1. The Bertz CT molecular complexity index is 402. The van der Waals surface area contributed by atoms with Gasteiger partial charge in [0.25, 0.3) is 0 Å². The van der Waals surface area contributed by atoms with Crippen molar-refractivity contribution in [3.05, 3.63) is 0 Å². The van der Waals surface area contributed by atoms with E-state index in [9.17, 15) is 14.7 Å². The minimum absolute atomic E-state index is 0.237. The molecule has 0 aliphatic carbocycles. The van der Waals surface area contributed by atoms with E-state index in [0.717, 1.165) is 25.8 Å². The molecular formula is C15H27N3O3. The lowest BCUT2D eigenvalue weighted by Crippen LogP contribution is -2.60. The van der Waals surface area contributed by atoms with Gasteiger partial charge in [0.2, 0.25) is 0 Å². The van der Waals surface area contributed by atoms with Gasteiger partial charge in [0.15, 0.2) is 0 Å². The molecule has 0 radical (unpaired) electrons. The van der Waals surface area contributed by atoms with E-state index in [1.807, 2.05) is 0 Å². The number of aliphatic carboxylic acids is 1. The van der Waals surface area contributed by atoms with Gasteiger partial charge in [-0.1, -0.05) is 6.42 Å². The second kappa shape index (κ2) is 6.64. The van der Waals surface area contributed by atoms with Crippen LogP contribution in [-0.2, 0) is 4.79 Å². The number of piperidine rings is 2. The summed E-state index contributed by atoms with van der Waals surface area (Å²) in [5.41, 5.74) is -1.07. The molecule has 6 heteroatoms. The molecule has 2 unspecified atom stereocenters. The van der Waals surface area contributed by atoms with Crippen molar-refractivity contribution in [2.75, 3.05) is 26.7 Å². The van der Waals surface area contributed by atoms with Crippen molar-refractivity contribution in [2.45, 2.75) is 57.0 Å². The van der Waals surface area contributed by atoms with E-state index in [1.54, 1.807) is 6.92 Å². The Morgan fingerprint density at radius 2 is 1.95 bits per heavy atom. The molecule has 2 rings (SSSR count). The second-order valence-corrected chi connectivity index (χ2v) is 6.50. The number of likely N-dealkylation sites (N-methyl/N-ethyl adjacent to an activating group) is 1. The second-order valence-electron chi connectivity index (χ2n) is 6.50. The van der Waals surface area contributed by atoms with Gasteiger partial charge in [-0.3, -0.25) is 0 Å². The summed E-state index contributed by atoms with van der Waals surface area (Å²) in [6.07, 6.45) is 5.76. The maximum Gasteiger partial charge on any atom is 0.329 e. The number of likely N-dealkylation sites (tertiary alicyclic amines) is 2. The highest BCUT2D eigenvalue weighted by Crippen LogP contribution is 2.28. The number of carboxylic acids is 1. The fourth-order valence-corrected chi connectivity index (χ4v) is 3.37. The number of rotatable bonds is 3. The van der Waals surface area contributed by atoms with Crippen LogP contribution in [0.5, 0.6) is 0 Å². The van der Waals surface area contributed by atoms with Gasteiger partial charge in [0.1, 0.15) is 5.54 Å². The van der Waals surface area contributed by atoms with Crippen LogP contribution < -0.4 is 5.32 Å². The summed E-state index contributed by atoms with van der Waals surface area (Å²) in [5.74, 6) is -0.910. The Kier molecular flexibility index (Phi) is 5.08. The molecule has 0 saturated carbocycles. The molecular weight excluding hydrogens is 270 g/mol. The van der Waals surface area contributed by atoms with E-state index in [0.29, 0.717) is 25.6 Å². The summed E-state index contributed by atoms with van der Waals surface area (Å²) in [7, 11) is 2.08. The van der Waals surface area contributed by atoms with Gasteiger partial charge in [-0.25, -0.2) is 9.59 Å². The number of amides is 2. The van der Waals surface area contributed by atoms with Crippen LogP contribution >= 0.6 is 0 Å². The van der Waals surface area contributed by atoms with Gasteiger partial charge in [0.05, 0.1) is 0 Å². The Balaban J connectivity index is 1.93. The predicted molar refractivity (Wildman–Crippen MR) is 80.3 cm³/mol. The third kappa shape index (κ3) is 3.48. The molecule has 2 amide bonds. The van der Waals surface area contributed by atoms with Gasteiger partial charge < -0.3 is 20.2 Å². The first-order chi connectivity index (χ1) is 9.95. The predicted octanol–water partition coefficient (Wildman–Crippen LogP) is 1.51. The Morgan fingerprint density at radius 3 is 2.62 bits per heavy atom. The third-order valence-corrected chi connectivity index (χ3v) is 5.01. The van der Waals surface area contributed by atoms with Crippen LogP contribution in [0.15, 0.2) is 0 Å². The molecule has 0 aromatic carbocycles. The lowest BCUT2D eigenvalue weighted by atomic mass is 9.89. The molecule has 0 aromatic rings. The van der Waals surface area contributed by atoms with Crippen LogP contribution in [0.1, 0.15) is 45.4 Å². The van der Waals surface area contributed by atoms with Crippen LogP contribution in [0.4, 0.5) is 4.79 Å². The zero-order chi connectivity index (χ0) is 15.5. The van der Waals surface area contributed by atoms with Gasteiger partial charge in [-0.2, -0.15) is 0 Å². The summed E-state index contributed by atoms with van der Waals surface area (Å²) < 4.78 is 0. The van der Waals surface area contributed by atoms with E-state index in [2.05, 4.69) is 17.3 Å². The number of carbonyl (C=O) groups is 2. The summed E-state index contributed by atoms with van der Waals surface area (Å²) >= 11 is 0. The lowest BCUT2D eigenvalue weighted by Gasteiger charge is -2.42. The van der Waals surface area contributed by atoms with Crippen LogP contribution in [0.25, 0.3) is 0 Å². The van der Waals surface area contributed by atoms with Crippen molar-refractivity contribution in [3.63, 3.8) is 0 Å². The minimum atomic E-state index is -1.07. The fourth-order valence-electron chi connectivity index (χ4n) is 3.37. The number of hydrogen-bond acceptors (Lipinski definition) is 3. The van der Waals surface area contributed by atoms with E-state index >= 15 is 0 Å². The molecule has 0 bridgehead atoms. The van der Waals surface area contributed by atoms with Gasteiger partial charge >= 0.3 is 12.0 Å². The zero-order valence-corrected chi connectivity index (χ0v) is 13.1. The molecule has 2 saturated heterocycles. The Labute approximate surface area is 126 Å². The largest absolute Gasteiger partial charge is 0.480 e. The Hall–Kier alpha value is -1.30. The third-order valence-electron chi connectivity index (χ3n) is 5.01. The molecule has 2 heterocycles. The molecule has 120 valence electrons. The van der Waals surface area contributed by atoms with Gasteiger partial charge in [-0.15, -0.1) is 0 Å². The number of urea groups is 1. The molecule has 0 aromatic heterocycles. The average molecular weight is 297 g/mol. The topological polar surface area (TPSA) is 72.9 Å². The first kappa shape index (κ1) is 16.1. The lowest BCUT2D eigenvalue weighted by molar-refractivity contribution is -0.150. The molecule has 2 fully saturated rings. The quantitative estimate of drug-likeness (QED) is 0.828. The first-order valence-electron chi connectivity index (χ1n) is 7.94. The smallest absolute Gasteiger partial charge is 0.329 e. The highest BCUT2D eigenvalue weighted by molar-refractivity contribution is 5.86. The van der Waals surface area contributed by atoms with Crippen molar-refractivity contribution in [1.82, 2.24) is 15.1 Å². The van der Waals surface area contributed by atoms with Gasteiger partial charge in [0, 0.05) is 19.1 Å². The Morgan fingerprint density at radius 1 is 1.24 bits per heavy atom. The van der Waals surface area contributed by atoms with Crippen molar-refractivity contribution in [1.29, 1.82) is 0 Å². The first-order valence-corrected chi connectivity index (χ1v) is 7.94. The number of carbonyl (C=O) groups excluding carboxylic acids is 1. The summed E-state index contributed by atoms with van der Waals surface area (Å²) in [6.45, 7) is 3.84. The van der Waals surface area contributed by atoms with Crippen molar-refractivity contribution < 1.29 is 14.7 Å². The molecule has 2 aliphatic rings. The normalized spacial score (nSPS) is 31.0. The SMILES string of the molecule is CN1CCCCC1CNC(=O)N1CCCCC1(C)C(=O)O. The minimum Gasteiger partial charge on any atom is -0.480 e. The number of nitrogens with zero attached hydrogens (tertiary/aromatic N) is 2. The molecule has 6 nitrogen and oxygen atoms in total. The zero-order valence-electron chi connectivity index (χ0n) is 13.1. The van der Waals surface area contributed by atoms with E-state index < -0.39 is 11.5 Å². The van der Waals surface area contributed by atoms with E-state index in [1.165, 1.54) is 17.7 Å². The molecule has 2 atom stereocenters. The maximum absolute atomic E-state index is 12.4. The van der Waals surface area contributed by atoms with Crippen molar-refractivity contribution in [2.24, 2.45) is 0 Å². The number of hydrogen-bond donors (Lipinski definition) is 2. The van der Waals surface area contributed by atoms with Crippen LogP contribution in [0.2, 0.25) is 0 Å². The van der Waals surface area contributed by atoms with Crippen LogP contribution in [0, 0.1) is 0 Å². The standard InChI is InChI=1S/C15H27N3O3/c1-15(13(19)20)8-4-6-10-18(15)14(21)16-11-12-7-3-5-9-17(12)2/h12H,3-11H2,1-2H3,(H,16,21)(H,19,20). The molecule has 21 heavy (non-hydrogen) atoms. The van der Waals surface area contributed by atoms with E-state index in [-0.39, 0.29) is 6.03 Å².